The lowest BCUT2D eigenvalue weighted by atomic mass is 10.0. The molecule has 1 saturated heterocycles. The number of pyridine rings is 1. The van der Waals surface area contributed by atoms with Crippen LogP contribution < -0.4 is 10.5 Å². The minimum atomic E-state index is -4.55. The van der Waals surface area contributed by atoms with E-state index >= 15 is 0 Å². The van der Waals surface area contributed by atoms with E-state index in [1.165, 1.54) is 25.1 Å². The van der Waals surface area contributed by atoms with Gasteiger partial charge in [0.15, 0.2) is 0 Å². The topological polar surface area (TPSA) is 110 Å². The van der Waals surface area contributed by atoms with Crippen molar-refractivity contribution in [2.45, 2.75) is 25.7 Å². The monoisotopic (exact) mass is 574 g/mol. The van der Waals surface area contributed by atoms with E-state index in [0.717, 1.165) is 54.8 Å². The number of aliphatic hydroxyl groups is 1. The second kappa shape index (κ2) is 11.5. The number of aliphatic hydroxyl groups excluding tert-OH is 1. The zero-order chi connectivity index (χ0) is 28.4. The lowest BCUT2D eigenvalue weighted by Crippen LogP contribution is -2.46. The van der Waals surface area contributed by atoms with E-state index in [2.05, 4.69) is 19.8 Å². The number of carbonyl (C=O) groups excluding carboxylic acids is 1. The van der Waals surface area contributed by atoms with Gasteiger partial charge in [0.25, 0.3) is 5.91 Å². The predicted molar refractivity (Wildman–Crippen MR) is 145 cm³/mol. The van der Waals surface area contributed by atoms with Crippen molar-refractivity contribution in [3.63, 3.8) is 0 Å². The third-order valence-corrected chi connectivity index (χ3v) is 8.04. The number of hydrogen-bond donors (Lipinski definition) is 2. The molecule has 1 aliphatic rings. The Morgan fingerprint density at radius 1 is 1.15 bits per heavy atom. The molecule has 1 aliphatic heterocycles. The molecule has 3 aromatic heterocycles. The van der Waals surface area contributed by atoms with Crippen LogP contribution in [0, 0.1) is 0 Å². The summed E-state index contributed by atoms with van der Waals surface area (Å²) in [6, 6.07) is 8.72. The Balaban J connectivity index is 1.40. The molecule has 0 unspecified atom stereocenters. The summed E-state index contributed by atoms with van der Waals surface area (Å²) in [6.07, 6.45) is -2.24. The molecule has 3 N–H and O–H groups in total. The van der Waals surface area contributed by atoms with Gasteiger partial charge in [-0.25, -0.2) is 4.98 Å². The number of nitrogens with zero attached hydrogens (tertiary/aromatic N) is 5. The lowest BCUT2D eigenvalue weighted by molar-refractivity contribution is -0.139. The first-order valence-corrected chi connectivity index (χ1v) is 13.6. The fourth-order valence-corrected chi connectivity index (χ4v) is 5.79. The van der Waals surface area contributed by atoms with Gasteiger partial charge in [-0.05, 0) is 19.1 Å². The maximum atomic E-state index is 13.6. The van der Waals surface area contributed by atoms with Crippen molar-refractivity contribution < 1.29 is 27.8 Å². The van der Waals surface area contributed by atoms with E-state index < -0.39 is 23.8 Å². The molecule has 4 aromatic rings. The van der Waals surface area contributed by atoms with Crippen molar-refractivity contribution in [2.24, 2.45) is 5.73 Å². The number of thiophene rings is 1. The standard InChI is InChI=1S/C27H29F3N6O3S/c1-17(19-4-2-3-5-20(19)27(28,29)30)39-23-13-24(40-25(23)26(31)38)36-16-33-21-14-32-18(12-22(21)36)15-35-8-6-34(7-9-35)10-11-37/h2-5,12-14,16-17,37H,6-11,15H2,1H3,(H2,31,38)/t17-/m1/s1. The van der Waals surface area contributed by atoms with Crippen molar-refractivity contribution in [3.8, 4) is 10.8 Å². The number of aromatic nitrogens is 3. The van der Waals surface area contributed by atoms with Crippen LogP contribution in [0.3, 0.4) is 0 Å². The summed E-state index contributed by atoms with van der Waals surface area (Å²) in [4.78, 5) is 25.9. The Morgan fingerprint density at radius 3 is 2.58 bits per heavy atom. The molecule has 1 fully saturated rings. The Labute approximate surface area is 232 Å². The third kappa shape index (κ3) is 5.97. The molecule has 0 radical (unpaired) electrons. The van der Waals surface area contributed by atoms with Crippen LogP contribution in [0.25, 0.3) is 16.0 Å². The highest BCUT2D eigenvalue weighted by atomic mass is 32.1. The number of benzene rings is 1. The van der Waals surface area contributed by atoms with Crippen LogP contribution in [-0.4, -0.2) is 74.7 Å². The Morgan fingerprint density at radius 2 is 1.88 bits per heavy atom. The molecule has 1 amide bonds. The SMILES string of the molecule is C[C@@H](Oc1cc(-n2cnc3cnc(CN4CCN(CCO)CC4)cc32)sc1C(N)=O)c1ccccc1C(F)(F)F. The first-order chi connectivity index (χ1) is 19.1. The normalized spacial score (nSPS) is 15.9. The third-order valence-electron chi connectivity index (χ3n) is 6.91. The summed E-state index contributed by atoms with van der Waals surface area (Å²) in [5, 5.41) is 9.74. The Bertz CT molecular complexity index is 1500. The average Bonchev–Trinajstić information content (AvgIpc) is 3.53. The Hall–Kier alpha value is -3.52. The second-order valence-corrected chi connectivity index (χ2v) is 10.6. The lowest BCUT2D eigenvalue weighted by Gasteiger charge is -2.34. The number of ether oxygens (including phenoxy) is 1. The molecule has 0 spiro atoms. The van der Waals surface area contributed by atoms with E-state index in [0.29, 0.717) is 23.6 Å². The number of imidazole rings is 1. The second-order valence-electron chi connectivity index (χ2n) is 9.61. The highest BCUT2D eigenvalue weighted by molar-refractivity contribution is 7.16. The fraction of sp³-hybridized carbons (Fsp3) is 0.370. The van der Waals surface area contributed by atoms with Crippen LogP contribution in [0.5, 0.6) is 5.75 Å². The van der Waals surface area contributed by atoms with Crippen LogP contribution in [0.1, 0.15) is 39.5 Å². The molecular weight excluding hydrogens is 545 g/mol. The number of nitrogens with two attached hydrogens (primary N) is 1. The van der Waals surface area contributed by atoms with Crippen molar-refractivity contribution in [2.75, 3.05) is 39.3 Å². The van der Waals surface area contributed by atoms with Crippen LogP contribution in [0.2, 0.25) is 0 Å². The van der Waals surface area contributed by atoms with E-state index in [1.807, 2.05) is 6.07 Å². The first-order valence-electron chi connectivity index (χ1n) is 12.8. The molecule has 5 rings (SSSR count). The van der Waals surface area contributed by atoms with Gasteiger partial charge in [0.05, 0.1) is 29.6 Å². The van der Waals surface area contributed by atoms with Gasteiger partial charge < -0.3 is 15.6 Å². The molecule has 1 atom stereocenters. The summed E-state index contributed by atoms with van der Waals surface area (Å²) >= 11 is 1.08. The minimum Gasteiger partial charge on any atom is -0.484 e. The zero-order valence-corrected chi connectivity index (χ0v) is 22.6. The molecule has 0 saturated carbocycles. The number of hydrogen-bond acceptors (Lipinski definition) is 8. The highest BCUT2D eigenvalue weighted by Gasteiger charge is 2.35. The molecule has 40 heavy (non-hydrogen) atoms. The number of carbonyl (C=O) groups is 1. The van der Waals surface area contributed by atoms with Crippen molar-refractivity contribution in [1.82, 2.24) is 24.3 Å². The van der Waals surface area contributed by atoms with Crippen LogP contribution in [0.15, 0.2) is 48.9 Å². The maximum absolute atomic E-state index is 13.6. The number of amides is 1. The number of β-amino-alcohol motifs (C(OH)–C–C–N with tert-alkyl or cyclic N) is 1. The summed E-state index contributed by atoms with van der Waals surface area (Å²) in [5.74, 6) is -0.636. The quantitative estimate of drug-likeness (QED) is 0.313. The van der Waals surface area contributed by atoms with E-state index in [-0.39, 0.29) is 22.8 Å². The first kappa shape index (κ1) is 28.0. The summed E-state index contributed by atoms with van der Waals surface area (Å²) in [6.45, 7) is 6.45. The van der Waals surface area contributed by atoms with Gasteiger partial charge >= 0.3 is 6.18 Å². The van der Waals surface area contributed by atoms with Gasteiger partial charge in [-0.3, -0.25) is 24.1 Å². The molecule has 1 aromatic carbocycles. The highest BCUT2D eigenvalue weighted by Crippen LogP contribution is 2.39. The van der Waals surface area contributed by atoms with Crippen molar-refractivity contribution in [1.29, 1.82) is 0 Å². The summed E-state index contributed by atoms with van der Waals surface area (Å²) in [5.41, 5.74) is 7.05. The van der Waals surface area contributed by atoms with Crippen molar-refractivity contribution >= 4 is 28.3 Å². The number of fused-ring (bicyclic) bond motifs is 1. The van der Waals surface area contributed by atoms with Gasteiger partial charge in [-0.2, -0.15) is 13.2 Å². The molecule has 212 valence electrons. The number of rotatable bonds is 9. The minimum absolute atomic E-state index is 0.0424. The van der Waals surface area contributed by atoms with Gasteiger partial charge in [0.2, 0.25) is 0 Å². The average molecular weight is 575 g/mol. The van der Waals surface area contributed by atoms with Gasteiger partial charge in [-0.1, -0.05) is 18.2 Å². The number of piperazine rings is 1. The fourth-order valence-electron chi connectivity index (χ4n) is 4.86. The molecule has 13 heteroatoms. The smallest absolute Gasteiger partial charge is 0.416 e. The van der Waals surface area contributed by atoms with E-state index in [1.54, 1.807) is 23.2 Å². The van der Waals surface area contributed by atoms with Gasteiger partial charge in [-0.15, -0.1) is 11.3 Å². The number of halogens is 3. The van der Waals surface area contributed by atoms with E-state index in [9.17, 15) is 18.0 Å². The summed E-state index contributed by atoms with van der Waals surface area (Å²) in [7, 11) is 0. The molecule has 9 nitrogen and oxygen atoms in total. The zero-order valence-electron chi connectivity index (χ0n) is 21.8. The number of alkyl halides is 3. The maximum Gasteiger partial charge on any atom is 0.416 e. The molecule has 4 heterocycles. The molecular formula is C27H29F3N6O3S. The van der Waals surface area contributed by atoms with Gasteiger partial charge in [0, 0.05) is 50.9 Å². The van der Waals surface area contributed by atoms with Crippen LogP contribution >= 0.6 is 11.3 Å². The predicted octanol–water partition coefficient (Wildman–Crippen LogP) is 3.85. The van der Waals surface area contributed by atoms with Crippen LogP contribution in [0.4, 0.5) is 13.2 Å². The Kier molecular flexibility index (Phi) is 8.08. The molecule has 0 aliphatic carbocycles. The largest absolute Gasteiger partial charge is 0.484 e. The van der Waals surface area contributed by atoms with Crippen molar-refractivity contribution in [3.05, 3.63) is 70.6 Å². The summed E-state index contributed by atoms with van der Waals surface area (Å²) < 4.78 is 48.4. The molecule has 0 bridgehead atoms. The van der Waals surface area contributed by atoms with E-state index in [4.69, 9.17) is 15.6 Å². The number of primary amides is 1. The van der Waals surface area contributed by atoms with Crippen LogP contribution in [-0.2, 0) is 12.7 Å². The van der Waals surface area contributed by atoms with Gasteiger partial charge in [0.1, 0.15) is 33.6 Å².